The first-order chi connectivity index (χ1) is 11.2. The van der Waals surface area contributed by atoms with Crippen LogP contribution in [0.25, 0.3) is 10.9 Å². The monoisotopic (exact) mass is 313 g/mol. The molecule has 0 spiro atoms. The van der Waals surface area contributed by atoms with Crippen molar-refractivity contribution in [3.05, 3.63) is 36.0 Å². The van der Waals surface area contributed by atoms with Crippen LogP contribution >= 0.6 is 0 Å². The maximum Gasteiger partial charge on any atom is 0.337 e. The maximum atomic E-state index is 11.4. The Kier molecular flexibility index (Phi) is 3.83. The van der Waals surface area contributed by atoms with Crippen molar-refractivity contribution in [2.75, 3.05) is 26.2 Å². The van der Waals surface area contributed by atoms with E-state index in [1.807, 2.05) is 24.4 Å². The summed E-state index contributed by atoms with van der Waals surface area (Å²) in [5, 5.41) is 14.1. The van der Waals surface area contributed by atoms with Gasteiger partial charge in [0, 0.05) is 37.3 Å². The molecule has 1 aromatic heterocycles. The lowest BCUT2D eigenvalue weighted by Gasteiger charge is -2.45. The third-order valence-electron chi connectivity index (χ3n) is 5.43. The Bertz CT molecular complexity index is 716. The van der Waals surface area contributed by atoms with Crippen molar-refractivity contribution < 1.29 is 9.90 Å². The lowest BCUT2D eigenvalue weighted by atomic mass is 9.84. The molecule has 5 nitrogen and oxygen atoms in total. The molecule has 0 saturated carbocycles. The molecular weight excluding hydrogens is 290 g/mol. The van der Waals surface area contributed by atoms with Crippen molar-refractivity contribution in [1.82, 2.24) is 14.8 Å². The number of nitrogens with one attached hydrogen (secondary N) is 1. The molecule has 3 aliphatic heterocycles. The fourth-order valence-electron chi connectivity index (χ4n) is 4.19. The number of carboxylic acids is 1. The highest BCUT2D eigenvalue weighted by Gasteiger charge is 2.33. The smallest absolute Gasteiger partial charge is 0.337 e. The second-order valence-electron chi connectivity index (χ2n) is 6.76. The van der Waals surface area contributed by atoms with Crippen LogP contribution in [-0.2, 0) is 6.54 Å². The number of aromatic nitrogens is 1. The largest absolute Gasteiger partial charge is 0.478 e. The SMILES string of the molecule is O=C(O)c1cccc2ccn(CCN[C@H]3CN4CCC3CC4)c12. The quantitative estimate of drug-likeness (QED) is 0.887. The summed E-state index contributed by atoms with van der Waals surface area (Å²) in [5.41, 5.74) is 1.21. The van der Waals surface area contributed by atoms with Crippen LogP contribution < -0.4 is 5.32 Å². The van der Waals surface area contributed by atoms with E-state index in [0.717, 1.165) is 36.5 Å². The van der Waals surface area contributed by atoms with Crippen LogP contribution in [0, 0.1) is 5.92 Å². The molecule has 0 radical (unpaired) electrons. The van der Waals surface area contributed by atoms with E-state index in [0.29, 0.717) is 11.6 Å². The topological polar surface area (TPSA) is 57.5 Å². The molecule has 122 valence electrons. The van der Waals surface area contributed by atoms with Gasteiger partial charge >= 0.3 is 5.97 Å². The van der Waals surface area contributed by atoms with Crippen LogP contribution in [0.5, 0.6) is 0 Å². The van der Waals surface area contributed by atoms with E-state index in [2.05, 4.69) is 14.8 Å². The predicted molar refractivity (Wildman–Crippen MR) is 89.9 cm³/mol. The van der Waals surface area contributed by atoms with Gasteiger partial charge in [0.1, 0.15) is 0 Å². The van der Waals surface area contributed by atoms with Crippen molar-refractivity contribution in [3.63, 3.8) is 0 Å². The van der Waals surface area contributed by atoms with E-state index >= 15 is 0 Å². The molecule has 0 unspecified atom stereocenters. The number of carboxylic acid groups (broad SMARTS) is 1. The van der Waals surface area contributed by atoms with Crippen LogP contribution in [0.15, 0.2) is 30.5 Å². The maximum absolute atomic E-state index is 11.4. The van der Waals surface area contributed by atoms with Gasteiger partial charge in [0.05, 0.1) is 11.1 Å². The molecule has 1 atom stereocenters. The van der Waals surface area contributed by atoms with E-state index in [4.69, 9.17) is 0 Å². The lowest BCUT2D eigenvalue weighted by molar-refractivity contribution is 0.0698. The summed E-state index contributed by atoms with van der Waals surface area (Å²) in [7, 11) is 0. The van der Waals surface area contributed by atoms with Crippen molar-refractivity contribution in [2.45, 2.75) is 25.4 Å². The highest BCUT2D eigenvalue weighted by Crippen LogP contribution is 2.27. The van der Waals surface area contributed by atoms with Gasteiger partial charge in [-0.2, -0.15) is 0 Å². The van der Waals surface area contributed by atoms with Gasteiger partial charge in [-0.15, -0.1) is 0 Å². The van der Waals surface area contributed by atoms with Crippen molar-refractivity contribution in [1.29, 1.82) is 0 Å². The van der Waals surface area contributed by atoms with Gasteiger partial charge in [-0.3, -0.25) is 0 Å². The molecule has 5 heteroatoms. The molecule has 2 N–H and O–H groups in total. The molecule has 3 aliphatic rings. The average molecular weight is 313 g/mol. The van der Waals surface area contributed by atoms with Crippen molar-refractivity contribution >= 4 is 16.9 Å². The average Bonchev–Trinajstić information content (AvgIpc) is 2.99. The number of nitrogens with zero attached hydrogens (tertiary/aromatic N) is 2. The molecule has 1 aromatic carbocycles. The third-order valence-corrected chi connectivity index (χ3v) is 5.43. The van der Waals surface area contributed by atoms with Crippen LogP contribution in [0.4, 0.5) is 0 Å². The number of fused-ring (bicyclic) bond motifs is 4. The Morgan fingerprint density at radius 1 is 1.26 bits per heavy atom. The number of benzene rings is 1. The van der Waals surface area contributed by atoms with Gasteiger partial charge < -0.3 is 19.9 Å². The Morgan fingerprint density at radius 2 is 2.09 bits per heavy atom. The molecular formula is C18H23N3O2. The van der Waals surface area contributed by atoms with Gasteiger partial charge in [-0.05, 0) is 44.0 Å². The van der Waals surface area contributed by atoms with Gasteiger partial charge in [0.15, 0.2) is 0 Å². The fraction of sp³-hybridized carbons (Fsp3) is 0.500. The molecule has 0 aliphatic carbocycles. The highest BCUT2D eigenvalue weighted by molar-refractivity contribution is 6.02. The normalized spacial score (nSPS) is 26.7. The number of hydrogen-bond acceptors (Lipinski definition) is 3. The minimum Gasteiger partial charge on any atom is -0.478 e. The number of para-hydroxylation sites is 1. The molecule has 23 heavy (non-hydrogen) atoms. The molecule has 5 rings (SSSR count). The van der Waals surface area contributed by atoms with Crippen LogP contribution in [0.1, 0.15) is 23.2 Å². The Morgan fingerprint density at radius 3 is 2.78 bits per heavy atom. The molecule has 0 amide bonds. The summed E-state index contributed by atoms with van der Waals surface area (Å²) < 4.78 is 2.06. The van der Waals surface area contributed by atoms with Gasteiger partial charge in [-0.25, -0.2) is 4.79 Å². The fourth-order valence-corrected chi connectivity index (χ4v) is 4.19. The first-order valence-corrected chi connectivity index (χ1v) is 8.49. The van der Waals surface area contributed by atoms with E-state index in [1.54, 1.807) is 6.07 Å². The first kappa shape index (κ1) is 14.7. The summed E-state index contributed by atoms with van der Waals surface area (Å²) >= 11 is 0. The number of piperidine rings is 3. The number of carbonyl (C=O) groups is 1. The lowest BCUT2D eigenvalue weighted by Crippen LogP contribution is -2.56. The van der Waals surface area contributed by atoms with E-state index < -0.39 is 5.97 Å². The number of hydrogen-bond donors (Lipinski definition) is 2. The Balaban J connectivity index is 1.45. The van der Waals surface area contributed by atoms with Gasteiger partial charge in [-0.1, -0.05) is 12.1 Å². The third kappa shape index (κ3) is 2.75. The van der Waals surface area contributed by atoms with Crippen LogP contribution in [0.3, 0.4) is 0 Å². The number of rotatable bonds is 5. The first-order valence-electron chi connectivity index (χ1n) is 8.49. The Labute approximate surface area is 135 Å². The molecule has 3 saturated heterocycles. The summed E-state index contributed by atoms with van der Waals surface area (Å²) in [4.78, 5) is 14.0. The summed E-state index contributed by atoms with van der Waals surface area (Å²) in [6, 6.07) is 8.05. The zero-order valence-corrected chi connectivity index (χ0v) is 13.2. The standard InChI is InChI=1S/C18H23N3O2/c22-18(23)15-3-1-2-14-6-10-21(17(14)15)11-7-19-16-12-20-8-4-13(16)5-9-20/h1-3,6,10,13,16,19H,4-5,7-9,11-12H2,(H,22,23)/t16-/m0/s1. The zero-order valence-electron chi connectivity index (χ0n) is 13.2. The second kappa shape index (κ2) is 5.98. The van der Waals surface area contributed by atoms with Crippen LogP contribution in [-0.4, -0.2) is 52.8 Å². The molecule has 4 heterocycles. The van der Waals surface area contributed by atoms with Gasteiger partial charge in [0.2, 0.25) is 0 Å². The summed E-state index contributed by atoms with van der Waals surface area (Å²) in [6.07, 6.45) is 4.62. The number of aromatic carboxylic acids is 1. The zero-order chi connectivity index (χ0) is 15.8. The highest BCUT2D eigenvalue weighted by atomic mass is 16.4. The minimum atomic E-state index is -0.860. The summed E-state index contributed by atoms with van der Waals surface area (Å²) in [6.45, 7) is 5.36. The minimum absolute atomic E-state index is 0.385. The van der Waals surface area contributed by atoms with E-state index in [-0.39, 0.29) is 0 Å². The van der Waals surface area contributed by atoms with E-state index in [9.17, 15) is 9.90 Å². The Hall–Kier alpha value is -1.85. The molecule has 2 aromatic rings. The van der Waals surface area contributed by atoms with E-state index in [1.165, 1.54) is 25.9 Å². The summed E-state index contributed by atoms with van der Waals surface area (Å²) in [5.74, 6) is -0.0445. The van der Waals surface area contributed by atoms with Crippen molar-refractivity contribution in [2.24, 2.45) is 5.92 Å². The molecule has 2 bridgehead atoms. The van der Waals surface area contributed by atoms with Crippen molar-refractivity contribution in [3.8, 4) is 0 Å². The second-order valence-corrected chi connectivity index (χ2v) is 6.76. The molecule has 3 fully saturated rings. The van der Waals surface area contributed by atoms with Gasteiger partial charge in [0.25, 0.3) is 0 Å². The predicted octanol–water partition coefficient (Wildman–Crippen LogP) is 2.02. The van der Waals surface area contributed by atoms with Crippen LogP contribution in [0.2, 0.25) is 0 Å².